The number of hydrogen-bond acceptors (Lipinski definition) is 4. The van der Waals surface area contributed by atoms with Gasteiger partial charge >= 0.3 is 5.97 Å². The number of nitrogens with one attached hydrogen (secondary N) is 1. The second-order valence-corrected chi connectivity index (χ2v) is 6.21. The minimum atomic E-state index is -0.560. The summed E-state index contributed by atoms with van der Waals surface area (Å²) in [5.74, 6) is 0.199. The third-order valence-electron chi connectivity index (χ3n) is 4.64. The summed E-state index contributed by atoms with van der Waals surface area (Å²) in [6, 6.07) is 8.25. The first kappa shape index (κ1) is 17.0. The molecule has 1 fully saturated rings. The molecule has 1 aromatic rings. The van der Waals surface area contributed by atoms with E-state index in [4.69, 9.17) is 10.00 Å². The van der Waals surface area contributed by atoms with Crippen LogP contribution in [0.1, 0.15) is 49.0 Å². The van der Waals surface area contributed by atoms with E-state index in [0.717, 1.165) is 12.8 Å². The van der Waals surface area contributed by atoms with Gasteiger partial charge in [0, 0.05) is 6.04 Å². The van der Waals surface area contributed by atoms with Crippen LogP contribution >= 0.6 is 0 Å². The predicted octanol–water partition coefficient (Wildman–Crippen LogP) is 2.66. The van der Waals surface area contributed by atoms with Crippen LogP contribution in [0.15, 0.2) is 24.3 Å². The van der Waals surface area contributed by atoms with Crippen molar-refractivity contribution in [2.45, 2.75) is 39.2 Å². The summed E-state index contributed by atoms with van der Waals surface area (Å²) in [5, 5.41) is 11.7. The summed E-state index contributed by atoms with van der Waals surface area (Å²) in [6.07, 6.45) is 3.28. The van der Waals surface area contributed by atoms with Gasteiger partial charge in [0.05, 0.1) is 17.2 Å². The monoisotopic (exact) mass is 314 g/mol. The van der Waals surface area contributed by atoms with E-state index >= 15 is 0 Å². The van der Waals surface area contributed by atoms with Gasteiger partial charge in [-0.2, -0.15) is 5.26 Å². The zero-order valence-corrected chi connectivity index (χ0v) is 13.5. The van der Waals surface area contributed by atoms with Gasteiger partial charge in [-0.3, -0.25) is 4.79 Å². The lowest BCUT2D eigenvalue weighted by atomic mass is 9.78. The van der Waals surface area contributed by atoms with Crippen LogP contribution < -0.4 is 5.32 Å². The van der Waals surface area contributed by atoms with Gasteiger partial charge < -0.3 is 10.1 Å². The minimum Gasteiger partial charge on any atom is -0.452 e. The van der Waals surface area contributed by atoms with E-state index < -0.39 is 5.97 Å². The van der Waals surface area contributed by atoms with E-state index in [2.05, 4.69) is 19.2 Å². The van der Waals surface area contributed by atoms with Crippen molar-refractivity contribution < 1.29 is 14.3 Å². The Kier molecular flexibility index (Phi) is 5.75. The van der Waals surface area contributed by atoms with Gasteiger partial charge in [-0.25, -0.2) is 4.79 Å². The minimum absolute atomic E-state index is 0.153. The van der Waals surface area contributed by atoms with Gasteiger partial charge in [0.2, 0.25) is 0 Å². The average molecular weight is 314 g/mol. The molecule has 1 aliphatic rings. The van der Waals surface area contributed by atoms with Gasteiger partial charge in [0.1, 0.15) is 0 Å². The molecule has 5 heteroatoms. The largest absolute Gasteiger partial charge is 0.452 e. The number of amides is 1. The van der Waals surface area contributed by atoms with E-state index in [1.54, 1.807) is 12.1 Å². The van der Waals surface area contributed by atoms with Crippen LogP contribution in [-0.4, -0.2) is 24.5 Å². The van der Waals surface area contributed by atoms with Crippen LogP contribution in [0.2, 0.25) is 0 Å². The Hall–Kier alpha value is -2.35. The Labute approximate surface area is 136 Å². The van der Waals surface area contributed by atoms with Crippen molar-refractivity contribution in [3.05, 3.63) is 35.4 Å². The lowest BCUT2D eigenvalue weighted by molar-refractivity contribution is -0.125. The van der Waals surface area contributed by atoms with Gasteiger partial charge in [-0.15, -0.1) is 0 Å². The number of nitrogens with zero attached hydrogens (tertiary/aromatic N) is 1. The number of esters is 1. The molecule has 0 saturated heterocycles. The number of nitriles is 1. The summed E-state index contributed by atoms with van der Waals surface area (Å²) in [7, 11) is 0. The first-order chi connectivity index (χ1) is 11.0. The molecule has 0 radical (unpaired) electrons. The Morgan fingerprint density at radius 2 is 1.96 bits per heavy atom. The molecule has 2 rings (SSSR count). The molecule has 1 saturated carbocycles. The van der Waals surface area contributed by atoms with Gasteiger partial charge in [0.15, 0.2) is 6.61 Å². The third kappa shape index (κ3) is 4.56. The van der Waals surface area contributed by atoms with Crippen molar-refractivity contribution in [1.29, 1.82) is 5.26 Å². The summed E-state index contributed by atoms with van der Waals surface area (Å²) in [5.41, 5.74) is 0.802. The molecule has 122 valence electrons. The zero-order chi connectivity index (χ0) is 16.8. The molecule has 0 spiro atoms. The van der Waals surface area contributed by atoms with E-state index in [9.17, 15) is 9.59 Å². The fourth-order valence-electron chi connectivity index (χ4n) is 2.93. The second kappa shape index (κ2) is 7.77. The van der Waals surface area contributed by atoms with E-state index in [-0.39, 0.29) is 18.6 Å². The van der Waals surface area contributed by atoms with Crippen LogP contribution in [0, 0.1) is 23.2 Å². The molecule has 0 bridgehead atoms. The summed E-state index contributed by atoms with van der Waals surface area (Å²) in [4.78, 5) is 23.8. The van der Waals surface area contributed by atoms with E-state index in [1.165, 1.54) is 18.6 Å². The summed E-state index contributed by atoms with van der Waals surface area (Å²) in [6.45, 7) is 4.07. The average Bonchev–Trinajstić information content (AvgIpc) is 2.57. The highest BCUT2D eigenvalue weighted by atomic mass is 16.5. The highest BCUT2D eigenvalue weighted by molar-refractivity contribution is 5.91. The van der Waals surface area contributed by atoms with Crippen molar-refractivity contribution in [2.75, 3.05) is 6.61 Å². The van der Waals surface area contributed by atoms with Crippen molar-refractivity contribution in [2.24, 2.45) is 11.8 Å². The molecule has 1 amide bonds. The molecule has 0 heterocycles. The maximum absolute atomic E-state index is 12.0. The van der Waals surface area contributed by atoms with E-state index in [1.807, 2.05) is 6.07 Å². The molecule has 1 aromatic carbocycles. The number of carbonyl (C=O) groups excluding carboxylic acids is 2. The Morgan fingerprint density at radius 1 is 1.26 bits per heavy atom. The molecule has 0 aliphatic heterocycles. The number of benzene rings is 1. The highest BCUT2D eigenvalue weighted by Crippen LogP contribution is 2.29. The van der Waals surface area contributed by atoms with Gasteiger partial charge in [-0.1, -0.05) is 26.7 Å². The second-order valence-electron chi connectivity index (χ2n) is 6.21. The van der Waals surface area contributed by atoms with Crippen molar-refractivity contribution >= 4 is 11.9 Å². The third-order valence-corrected chi connectivity index (χ3v) is 4.64. The number of ether oxygens (including phenoxy) is 1. The van der Waals surface area contributed by atoms with Crippen LogP contribution in [0.5, 0.6) is 0 Å². The smallest absolute Gasteiger partial charge is 0.338 e. The topological polar surface area (TPSA) is 79.2 Å². The molecular formula is C18H22N2O3. The molecule has 5 nitrogen and oxygen atoms in total. The Morgan fingerprint density at radius 3 is 2.61 bits per heavy atom. The van der Waals surface area contributed by atoms with Gasteiger partial charge in [0.25, 0.3) is 5.91 Å². The van der Waals surface area contributed by atoms with Crippen molar-refractivity contribution in [1.82, 2.24) is 5.32 Å². The fraction of sp³-hybridized carbons (Fsp3) is 0.500. The standard InChI is InChI=1S/C18H22N2O3/c1-12-4-3-5-16(13(12)2)20-17(21)11-23-18(22)15-8-6-14(10-19)7-9-15/h6-9,12-13,16H,3-5,11H2,1-2H3,(H,20,21)/t12-,13+,16-/m0/s1. The van der Waals surface area contributed by atoms with Gasteiger partial charge in [-0.05, 0) is 42.5 Å². The molecule has 3 atom stereocenters. The maximum Gasteiger partial charge on any atom is 0.338 e. The number of rotatable bonds is 4. The highest BCUT2D eigenvalue weighted by Gasteiger charge is 2.28. The molecule has 0 unspecified atom stereocenters. The van der Waals surface area contributed by atoms with Crippen molar-refractivity contribution in [3.63, 3.8) is 0 Å². The zero-order valence-electron chi connectivity index (χ0n) is 13.5. The SMILES string of the molecule is C[C@H]1[C@@H](NC(=O)COC(=O)c2ccc(C#N)cc2)CCC[C@@H]1C. The van der Waals surface area contributed by atoms with E-state index in [0.29, 0.717) is 23.0 Å². The normalized spacial score (nSPS) is 23.6. The molecule has 1 N–H and O–H groups in total. The fourth-order valence-corrected chi connectivity index (χ4v) is 2.93. The lowest BCUT2D eigenvalue weighted by Gasteiger charge is -2.34. The van der Waals surface area contributed by atoms with Crippen LogP contribution in [-0.2, 0) is 9.53 Å². The maximum atomic E-state index is 12.0. The summed E-state index contributed by atoms with van der Waals surface area (Å²) >= 11 is 0. The lowest BCUT2D eigenvalue weighted by Crippen LogP contribution is -2.45. The Bertz CT molecular complexity index is 604. The quantitative estimate of drug-likeness (QED) is 0.867. The first-order valence-electron chi connectivity index (χ1n) is 7.98. The first-order valence-corrected chi connectivity index (χ1v) is 7.98. The Balaban J connectivity index is 1.81. The number of hydrogen-bond donors (Lipinski definition) is 1. The molecule has 23 heavy (non-hydrogen) atoms. The van der Waals surface area contributed by atoms with Crippen LogP contribution in [0.3, 0.4) is 0 Å². The van der Waals surface area contributed by atoms with Crippen LogP contribution in [0.25, 0.3) is 0 Å². The molecular weight excluding hydrogens is 292 g/mol. The molecule has 0 aromatic heterocycles. The van der Waals surface area contributed by atoms with Crippen LogP contribution in [0.4, 0.5) is 0 Å². The predicted molar refractivity (Wildman–Crippen MR) is 85.5 cm³/mol. The number of carbonyl (C=O) groups is 2. The summed E-state index contributed by atoms with van der Waals surface area (Å²) < 4.78 is 5.03. The molecule has 1 aliphatic carbocycles. The van der Waals surface area contributed by atoms with Crippen molar-refractivity contribution in [3.8, 4) is 6.07 Å².